The van der Waals surface area contributed by atoms with Crippen LogP contribution in [0.25, 0.3) is 22.0 Å². The Balaban J connectivity index is 1.23. The Kier molecular flexibility index (Phi) is 7.11. The molecular weight excluding hydrogens is 478 g/mol. The van der Waals surface area contributed by atoms with Crippen LogP contribution in [0, 0.1) is 0 Å². The molecule has 38 heavy (non-hydrogen) atoms. The van der Waals surface area contributed by atoms with Crippen molar-refractivity contribution < 1.29 is 9.47 Å². The molecule has 2 N–H and O–H groups in total. The van der Waals surface area contributed by atoms with E-state index in [0.29, 0.717) is 12.0 Å². The zero-order valence-corrected chi connectivity index (χ0v) is 22.1. The molecule has 6 rings (SSSR count). The number of anilines is 3. The standard InChI is InChI=1S/C29H35N7O2/c1-20(2)35-9-7-25(8-10-35)38-28-16-27-21(15-26(28)22-18-31-32-19-22)17-30-29(34-27)33-23-3-5-24(6-4-23)36-11-13-37-14-12-36/h3-6,15-20,25H,7-14H2,1-2H3,(H,31,32)(H,30,33,34). The largest absolute Gasteiger partial charge is 0.490 e. The topological polar surface area (TPSA) is 91.4 Å². The molecule has 2 aromatic carbocycles. The van der Waals surface area contributed by atoms with Crippen molar-refractivity contribution >= 4 is 28.2 Å². The third kappa shape index (κ3) is 5.44. The van der Waals surface area contributed by atoms with Crippen molar-refractivity contribution in [2.75, 3.05) is 49.6 Å². The van der Waals surface area contributed by atoms with Gasteiger partial charge in [0.25, 0.3) is 0 Å². The highest BCUT2D eigenvalue weighted by atomic mass is 16.5. The summed E-state index contributed by atoms with van der Waals surface area (Å²) in [5, 5.41) is 11.4. The van der Waals surface area contributed by atoms with Crippen LogP contribution >= 0.6 is 0 Å². The minimum Gasteiger partial charge on any atom is -0.490 e. The zero-order chi connectivity index (χ0) is 25.9. The van der Waals surface area contributed by atoms with Crippen molar-refractivity contribution in [3.8, 4) is 16.9 Å². The fourth-order valence-corrected chi connectivity index (χ4v) is 5.24. The van der Waals surface area contributed by atoms with E-state index in [2.05, 4.69) is 74.5 Å². The molecule has 2 fully saturated rings. The first kappa shape index (κ1) is 24.6. The van der Waals surface area contributed by atoms with Crippen molar-refractivity contribution in [1.82, 2.24) is 25.1 Å². The van der Waals surface area contributed by atoms with Gasteiger partial charge in [0.2, 0.25) is 5.95 Å². The third-order valence-electron chi connectivity index (χ3n) is 7.49. The summed E-state index contributed by atoms with van der Waals surface area (Å²) < 4.78 is 12.1. The van der Waals surface area contributed by atoms with Gasteiger partial charge in [0.15, 0.2) is 0 Å². The first-order chi connectivity index (χ1) is 18.6. The van der Waals surface area contributed by atoms with E-state index in [1.54, 1.807) is 0 Å². The van der Waals surface area contributed by atoms with E-state index in [0.717, 1.165) is 85.7 Å². The van der Waals surface area contributed by atoms with Gasteiger partial charge in [0.05, 0.1) is 24.9 Å². The number of likely N-dealkylation sites (tertiary alicyclic amines) is 1. The molecule has 0 aliphatic carbocycles. The van der Waals surface area contributed by atoms with Gasteiger partial charge in [-0.3, -0.25) is 5.10 Å². The van der Waals surface area contributed by atoms with E-state index in [4.69, 9.17) is 14.5 Å². The smallest absolute Gasteiger partial charge is 0.227 e. The molecule has 2 saturated heterocycles. The Hall–Kier alpha value is -3.69. The molecule has 9 heteroatoms. The van der Waals surface area contributed by atoms with Crippen LogP contribution in [-0.2, 0) is 4.74 Å². The van der Waals surface area contributed by atoms with Gasteiger partial charge in [0, 0.05) is 78.6 Å². The van der Waals surface area contributed by atoms with Crippen LogP contribution in [0.15, 0.2) is 55.0 Å². The molecule has 0 radical (unpaired) electrons. The molecule has 9 nitrogen and oxygen atoms in total. The molecule has 198 valence electrons. The number of piperidine rings is 1. The maximum absolute atomic E-state index is 6.61. The lowest BCUT2D eigenvalue weighted by Crippen LogP contribution is -2.41. The molecule has 0 atom stereocenters. The number of nitrogens with one attached hydrogen (secondary N) is 2. The average Bonchev–Trinajstić information content (AvgIpc) is 3.49. The van der Waals surface area contributed by atoms with Gasteiger partial charge >= 0.3 is 0 Å². The quantitative estimate of drug-likeness (QED) is 0.362. The summed E-state index contributed by atoms with van der Waals surface area (Å²) in [4.78, 5) is 14.3. The van der Waals surface area contributed by atoms with Crippen molar-refractivity contribution in [3.05, 3.63) is 55.0 Å². The van der Waals surface area contributed by atoms with E-state index < -0.39 is 0 Å². The first-order valence-electron chi connectivity index (χ1n) is 13.5. The molecule has 4 aromatic rings. The monoisotopic (exact) mass is 513 g/mol. The van der Waals surface area contributed by atoms with Gasteiger partial charge in [-0.05, 0) is 57.0 Å². The summed E-state index contributed by atoms with van der Waals surface area (Å²) >= 11 is 0. The lowest BCUT2D eigenvalue weighted by atomic mass is 10.0. The lowest BCUT2D eigenvalue weighted by molar-refractivity contribution is 0.0848. The van der Waals surface area contributed by atoms with Crippen LogP contribution < -0.4 is 15.0 Å². The Morgan fingerprint density at radius 2 is 1.82 bits per heavy atom. The van der Waals surface area contributed by atoms with Crippen LogP contribution in [0.5, 0.6) is 5.75 Å². The first-order valence-corrected chi connectivity index (χ1v) is 13.5. The van der Waals surface area contributed by atoms with Gasteiger partial charge < -0.3 is 24.6 Å². The highest BCUT2D eigenvalue weighted by molar-refractivity contribution is 5.88. The second kappa shape index (κ2) is 11.0. The van der Waals surface area contributed by atoms with Crippen LogP contribution in [-0.4, -0.2) is 76.6 Å². The van der Waals surface area contributed by atoms with E-state index in [-0.39, 0.29) is 6.10 Å². The number of hydrogen-bond acceptors (Lipinski definition) is 8. The predicted octanol–water partition coefficient (Wildman–Crippen LogP) is 4.85. The number of aromatic amines is 1. The van der Waals surface area contributed by atoms with E-state index >= 15 is 0 Å². The molecule has 2 aromatic heterocycles. The van der Waals surface area contributed by atoms with E-state index in [1.165, 1.54) is 5.69 Å². The summed E-state index contributed by atoms with van der Waals surface area (Å²) in [5.74, 6) is 1.39. The second-order valence-corrected chi connectivity index (χ2v) is 10.3. The summed E-state index contributed by atoms with van der Waals surface area (Å²) in [5.41, 5.74) is 4.98. The normalized spacial score (nSPS) is 17.3. The highest BCUT2D eigenvalue weighted by Crippen LogP contribution is 2.35. The number of aromatic nitrogens is 4. The Morgan fingerprint density at radius 1 is 1.03 bits per heavy atom. The number of ether oxygens (including phenoxy) is 2. The van der Waals surface area contributed by atoms with Crippen LogP contribution in [0.2, 0.25) is 0 Å². The molecule has 0 saturated carbocycles. The number of benzene rings is 2. The fourth-order valence-electron chi connectivity index (χ4n) is 5.24. The average molecular weight is 514 g/mol. The van der Waals surface area contributed by atoms with Crippen LogP contribution in [0.3, 0.4) is 0 Å². The molecule has 2 aliphatic rings. The fraction of sp³-hybridized carbons (Fsp3) is 0.414. The highest BCUT2D eigenvalue weighted by Gasteiger charge is 2.23. The molecule has 0 bridgehead atoms. The summed E-state index contributed by atoms with van der Waals surface area (Å²) in [6, 6.07) is 13.1. The van der Waals surface area contributed by atoms with Gasteiger partial charge in [-0.15, -0.1) is 0 Å². The summed E-state index contributed by atoms with van der Waals surface area (Å²) in [6.45, 7) is 10.0. The molecule has 0 unspecified atom stereocenters. The van der Waals surface area contributed by atoms with Gasteiger partial charge in [0.1, 0.15) is 11.9 Å². The van der Waals surface area contributed by atoms with Gasteiger partial charge in [-0.1, -0.05) is 0 Å². The zero-order valence-electron chi connectivity index (χ0n) is 22.1. The predicted molar refractivity (Wildman–Crippen MR) is 150 cm³/mol. The molecule has 0 amide bonds. The number of hydrogen-bond donors (Lipinski definition) is 2. The Labute approximate surface area is 223 Å². The van der Waals surface area contributed by atoms with Crippen molar-refractivity contribution in [2.45, 2.75) is 38.8 Å². The Morgan fingerprint density at radius 3 is 2.53 bits per heavy atom. The van der Waals surface area contributed by atoms with Crippen molar-refractivity contribution in [3.63, 3.8) is 0 Å². The maximum atomic E-state index is 6.61. The molecule has 4 heterocycles. The molecular formula is C29H35N7O2. The van der Waals surface area contributed by atoms with Crippen molar-refractivity contribution in [1.29, 1.82) is 0 Å². The molecule has 2 aliphatic heterocycles. The third-order valence-corrected chi connectivity index (χ3v) is 7.49. The van der Waals surface area contributed by atoms with Crippen LogP contribution in [0.4, 0.5) is 17.3 Å². The van der Waals surface area contributed by atoms with E-state index in [9.17, 15) is 0 Å². The molecule has 0 spiro atoms. The van der Waals surface area contributed by atoms with Crippen molar-refractivity contribution in [2.24, 2.45) is 0 Å². The van der Waals surface area contributed by atoms with Gasteiger partial charge in [-0.2, -0.15) is 5.10 Å². The summed E-state index contributed by atoms with van der Waals surface area (Å²) in [6.07, 6.45) is 7.79. The van der Waals surface area contributed by atoms with E-state index in [1.807, 2.05) is 24.7 Å². The number of fused-ring (bicyclic) bond motifs is 1. The maximum Gasteiger partial charge on any atom is 0.227 e. The number of H-pyrrole nitrogens is 1. The minimum atomic E-state index is 0.178. The lowest BCUT2D eigenvalue weighted by Gasteiger charge is -2.34. The Bertz CT molecular complexity index is 1340. The number of rotatable bonds is 7. The number of morpholine rings is 1. The summed E-state index contributed by atoms with van der Waals surface area (Å²) in [7, 11) is 0. The minimum absolute atomic E-state index is 0.178. The van der Waals surface area contributed by atoms with Crippen LogP contribution in [0.1, 0.15) is 26.7 Å². The van der Waals surface area contributed by atoms with Gasteiger partial charge in [-0.25, -0.2) is 9.97 Å². The SMILES string of the molecule is CC(C)N1CCC(Oc2cc3nc(Nc4ccc(N5CCOCC5)cc4)ncc3cc2-c2cn[nH]c2)CC1. The number of nitrogens with zero attached hydrogens (tertiary/aromatic N) is 5. The second-order valence-electron chi connectivity index (χ2n) is 10.3.